The van der Waals surface area contributed by atoms with Gasteiger partial charge in [0.25, 0.3) is 0 Å². The van der Waals surface area contributed by atoms with Crippen molar-refractivity contribution in [1.29, 1.82) is 0 Å². The van der Waals surface area contributed by atoms with Crippen LogP contribution in [0.1, 0.15) is 15.9 Å². The lowest BCUT2D eigenvalue weighted by Gasteiger charge is -2.31. The maximum atomic E-state index is 11.6. The minimum absolute atomic E-state index is 0.150. The summed E-state index contributed by atoms with van der Waals surface area (Å²) in [6.45, 7) is 2.89. The van der Waals surface area contributed by atoms with Crippen LogP contribution in [0.15, 0.2) is 30.3 Å². The average molecular weight is 406 g/mol. The van der Waals surface area contributed by atoms with Crippen LogP contribution in [0.5, 0.6) is 11.5 Å². The quantitative estimate of drug-likeness (QED) is 0.755. The normalized spacial score (nSPS) is 13.9. The molecule has 1 fully saturated rings. The van der Waals surface area contributed by atoms with Crippen molar-refractivity contribution in [2.45, 2.75) is 6.54 Å². The minimum Gasteiger partial charge on any atom is -0.545 e. The molecular weight excluding hydrogens is 384 g/mol. The van der Waals surface area contributed by atoms with Crippen molar-refractivity contribution < 1.29 is 24.1 Å². The molecule has 0 aliphatic carbocycles. The second-order valence-corrected chi connectivity index (χ2v) is 6.69. The van der Waals surface area contributed by atoms with Crippen LogP contribution in [0.2, 0.25) is 5.02 Å². The SMILES string of the molecule is COc1cc(CNc2ccc(N3CCOCC3)c(C(=O)[O-])c2)cc(Cl)c1OC. The van der Waals surface area contributed by atoms with Crippen LogP contribution < -0.4 is 24.8 Å². The second-order valence-electron chi connectivity index (χ2n) is 6.29. The summed E-state index contributed by atoms with van der Waals surface area (Å²) in [7, 11) is 3.07. The number of carboxylic acids is 1. The predicted molar refractivity (Wildman–Crippen MR) is 106 cm³/mol. The highest BCUT2D eigenvalue weighted by Crippen LogP contribution is 2.36. The van der Waals surface area contributed by atoms with Crippen LogP contribution in [0.3, 0.4) is 0 Å². The third kappa shape index (κ3) is 4.43. The molecule has 1 heterocycles. The molecule has 2 aromatic carbocycles. The fourth-order valence-corrected chi connectivity index (χ4v) is 3.48. The topological polar surface area (TPSA) is 83.1 Å². The summed E-state index contributed by atoms with van der Waals surface area (Å²) in [4.78, 5) is 13.6. The monoisotopic (exact) mass is 405 g/mol. The number of carbonyl (C=O) groups excluding carboxylic acids is 1. The molecule has 1 aliphatic heterocycles. The Labute approximate surface area is 168 Å². The van der Waals surface area contributed by atoms with Crippen molar-refractivity contribution in [3.63, 3.8) is 0 Å². The number of aromatic carboxylic acids is 1. The van der Waals surface area contributed by atoms with E-state index in [0.29, 0.717) is 60.7 Å². The first-order valence-corrected chi connectivity index (χ1v) is 9.23. The highest BCUT2D eigenvalue weighted by Gasteiger charge is 2.16. The number of carboxylic acid groups (broad SMARTS) is 1. The lowest BCUT2D eigenvalue weighted by molar-refractivity contribution is -0.254. The number of morpholine rings is 1. The molecule has 28 heavy (non-hydrogen) atoms. The summed E-state index contributed by atoms with van der Waals surface area (Å²) in [5.74, 6) is -0.203. The number of ether oxygens (including phenoxy) is 3. The molecule has 3 rings (SSSR count). The van der Waals surface area contributed by atoms with Crippen LogP contribution in [0.4, 0.5) is 11.4 Å². The van der Waals surface area contributed by atoms with E-state index in [1.54, 1.807) is 25.3 Å². The van der Waals surface area contributed by atoms with Crippen LogP contribution >= 0.6 is 11.6 Å². The van der Waals surface area contributed by atoms with E-state index < -0.39 is 5.97 Å². The molecule has 0 unspecified atom stereocenters. The number of rotatable bonds is 7. The lowest BCUT2D eigenvalue weighted by Crippen LogP contribution is -2.38. The van der Waals surface area contributed by atoms with Gasteiger partial charge in [-0.3, -0.25) is 0 Å². The molecule has 0 spiro atoms. The van der Waals surface area contributed by atoms with Gasteiger partial charge in [0.2, 0.25) is 0 Å². The number of hydrogen-bond donors (Lipinski definition) is 1. The molecule has 0 amide bonds. The van der Waals surface area contributed by atoms with Gasteiger partial charge in [-0.1, -0.05) is 11.6 Å². The summed E-state index contributed by atoms with van der Waals surface area (Å²) >= 11 is 6.23. The second kappa shape index (κ2) is 9.03. The van der Waals surface area contributed by atoms with Gasteiger partial charge in [-0.25, -0.2) is 0 Å². The fraction of sp³-hybridized carbons (Fsp3) is 0.350. The molecule has 2 aromatic rings. The predicted octanol–water partition coefficient (Wildman–Crippen LogP) is 2.17. The van der Waals surface area contributed by atoms with Gasteiger partial charge in [0.05, 0.1) is 38.4 Å². The minimum atomic E-state index is -1.21. The number of hydrogen-bond acceptors (Lipinski definition) is 7. The molecule has 7 nitrogen and oxygen atoms in total. The van der Waals surface area contributed by atoms with Gasteiger partial charge in [-0.2, -0.15) is 0 Å². The largest absolute Gasteiger partial charge is 0.545 e. The van der Waals surface area contributed by atoms with E-state index in [4.69, 9.17) is 25.8 Å². The number of methoxy groups -OCH3 is 2. The van der Waals surface area contributed by atoms with E-state index in [2.05, 4.69) is 5.32 Å². The fourth-order valence-electron chi connectivity index (χ4n) is 3.17. The first-order valence-electron chi connectivity index (χ1n) is 8.86. The summed E-state index contributed by atoms with van der Waals surface area (Å²) < 4.78 is 15.9. The zero-order chi connectivity index (χ0) is 20.1. The Hall–Kier alpha value is -2.64. The Bertz CT molecular complexity index is 853. The van der Waals surface area contributed by atoms with Crippen LogP contribution in [0.25, 0.3) is 0 Å². The highest BCUT2D eigenvalue weighted by molar-refractivity contribution is 6.32. The van der Waals surface area contributed by atoms with Crippen molar-refractivity contribution in [3.8, 4) is 11.5 Å². The van der Waals surface area contributed by atoms with Gasteiger partial charge in [0, 0.05) is 36.6 Å². The van der Waals surface area contributed by atoms with Crippen molar-refractivity contribution in [1.82, 2.24) is 0 Å². The van der Waals surface area contributed by atoms with Crippen molar-refractivity contribution >= 4 is 28.9 Å². The number of nitrogens with one attached hydrogen (secondary N) is 1. The molecule has 150 valence electrons. The molecule has 1 N–H and O–H groups in total. The van der Waals surface area contributed by atoms with Gasteiger partial charge in [0.15, 0.2) is 11.5 Å². The van der Waals surface area contributed by atoms with Gasteiger partial charge in [-0.15, -0.1) is 0 Å². The van der Waals surface area contributed by atoms with Crippen LogP contribution in [-0.4, -0.2) is 46.5 Å². The molecule has 0 saturated carbocycles. The zero-order valence-corrected chi connectivity index (χ0v) is 16.5. The summed E-state index contributed by atoms with van der Waals surface area (Å²) in [6, 6.07) is 8.82. The van der Waals surface area contributed by atoms with Gasteiger partial charge < -0.3 is 34.3 Å². The molecule has 0 radical (unpaired) electrons. The summed E-state index contributed by atoms with van der Waals surface area (Å²) in [5.41, 5.74) is 2.33. The summed E-state index contributed by atoms with van der Waals surface area (Å²) in [5, 5.41) is 15.3. The van der Waals surface area contributed by atoms with Gasteiger partial charge >= 0.3 is 0 Å². The van der Waals surface area contributed by atoms with E-state index in [-0.39, 0.29) is 5.56 Å². The molecule has 0 bridgehead atoms. The smallest absolute Gasteiger partial charge is 0.179 e. The van der Waals surface area contributed by atoms with E-state index in [1.165, 1.54) is 7.11 Å². The molecule has 1 aliphatic rings. The molecule has 1 saturated heterocycles. The van der Waals surface area contributed by atoms with Crippen LogP contribution in [-0.2, 0) is 11.3 Å². The Kier molecular flexibility index (Phi) is 6.49. The number of halogens is 1. The standard InChI is InChI=1S/C20H23ClN2O5/c1-26-18-10-13(9-16(21)19(18)27-2)12-22-14-3-4-17(15(11-14)20(24)25)23-5-7-28-8-6-23/h3-4,9-11,22H,5-8,12H2,1-2H3,(H,24,25)/p-1. The third-order valence-corrected chi connectivity index (χ3v) is 4.84. The van der Waals surface area contributed by atoms with Gasteiger partial charge in [0.1, 0.15) is 0 Å². The average Bonchev–Trinajstić information content (AvgIpc) is 2.72. The van der Waals surface area contributed by atoms with E-state index in [1.807, 2.05) is 17.0 Å². The summed E-state index contributed by atoms with van der Waals surface area (Å²) in [6.07, 6.45) is 0. The lowest BCUT2D eigenvalue weighted by atomic mass is 10.1. The Balaban J connectivity index is 1.78. The van der Waals surface area contributed by atoms with E-state index >= 15 is 0 Å². The number of carbonyl (C=O) groups is 1. The molecule has 0 atom stereocenters. The number of anilines is 2. The number of benzene rings is 2. The van der Waals surface area contributed by atoms with Crippen molar-refractivity contribution in [2.75, 3.05) is 50.7 Å². The third-order valence-electron chi connectivity index (χ3n) is 4.56. The van der Waals surface area contributed by atoms with E-state index in [0.717, 1.165) is 5.56 Å². The Morgan fingerprint density at radius 1 is 1.21 bits per heavy atom. The molecule has 0 aromatic heterocycles. The first-order chi connectivity index (χ1) is 13.5. The maximum Gasteiger partial charge on any atom is 0.179 e. The Morgan fingerprint density at radius 2 is 1.96 bits per heavy atom. The van der Waals surface area contributed by atoms with Crippen LogP contribution in [0, 0.1) is 0 Å². The first kappa shape index (κ1) is 20.1. The molecular formula is C20H22ClN2O5-. The zero-order valence-electron chi connectivity index (χ0n) is 15.8. The van der Waals surface area contributed by atoms with Crippen molar-refractivity contribution in [2.24, 2.45) is 0 Å². The molecule has 8 heteroatoms. The van der Waals surface area contributed by atoms with E-state index in [9.17, 15) is 9.90 Å². The van der Waals surface area contributed by atoms with Crippen molar-refractivity contribution in [3.05, 3.63) is 46.5 Å². The highest BCUT2D eigenvalue weighted by atomic mass is 35.5. The number of nitrogens with zero attached hydrogens (tertiary/aromatic N) is 1. The maximum absolute atomic E-state index is 11.6. The Morgan fingerprint density at radius 3 is 2.61 bits per heavy atom. The van der Waals surface area contributed by atoms with Gasteiger partial charge in [-0.05, 0) is 35.9 Å².